The predicted octanol–water partition coefficient (Wildman–Crippen LogP) is 0.778. The molecular formula is C11H9N3O. The summed E-state index contributed by atoms with van der Waals surface area (Å²) in [6.45, 7) is 0. The molecule has 0 aliphatic carbocycles. The van der Waals surface area contributed by atoms with Crippen molar-refractivity contribution in [3.8, 4) is 0 Å². The van der Waals surface area contributed by atoms with Crippen LogP contribution in [0.2, 0.25) is 0 Å². The lowest BCUT2D eigenvalue weighted by Gasteiger charge is -2.06. The van der Waals surface area contributed by atoms with E-state index in [0.717, 1.165) is 11.1 Å². The molecule has 0 bridgehead atoms. The van der Waals surface area contributed by atoms with Gasteiger partial charge in [0, 0.05) is 25.0 Å². The first kappa shape index (κ1) is 9.37. The van der Waals surface area contributed by atoms with Gasteiger partial charge in [-0.25, -0.2) is 0 Å². The number of aromatic nitrogens is 1. The molecule has 0 spiro atoms. The normalized spacial score (nSPS) is 14.6. The maximum Gasteiger partial charge on any atom is 0.301 e. The SMILES string of the molecule is CNC1=CC(c2ccncc2)=C=NC1=O. The Balaban J connectivity index is 2.45. The number of aliphatic imine (C=N–C) groups is 1. The number of carbonyl (C=O) groups excluding carboxylic acids is 1. The third-order valence-corrected chi connectivity index (χ3v) is 2.06. The number of likely N-dealkylation sites (N-methyl/N-ethyl adjacent to an activating group) is 1. The number of hydrogen-bond donors (Lipinski definition) is 1. The lowest BCUT2D eigenvalue weighted by molar-refractivity contribution is -0.114. The van der Waals surface area contributed by atoms with Gasteiger partial charge in [0.2, 0.25) is 0 Å². The van der Waals surface area contributed by atoms with Gasteiger partial charge in [-0.3, -0.25) is 9.78 Å². The molecule has 2 rings (SSSR count). The first-order valence-corrected chi connectivity index (χ1v) is 4.49. The number of pyridine rings is 1. The molecule has 1 N–H and O–H groups in total. The highest BCUT2D eigenvalue weighted by atomic mass is 16.1. The van der Waals surface area contributed by atoms with Gasteiger partial charge < -0.3 is 5.32 Å². The Kier molecular flexibility index (Phi) is 2.44. The number of amides is 1. The predicted molar refractivity (Wildman–Crippen MR) is 57.2 cm³/mol. The summed E-state index contributed by atoms with van der Waals surface area (Å²) in [7, 11) is 1.69. The molecule has 1 amide bonds. The van der Waals surface area contributed by atoms with E-state index in [-0.39, 0.29) is 5.91 Å². The number of rotatable bonds is 2. The fourth-order valence-corrected chi connectivity index (χ4v) is 1.27. The van der Waals surface area contributed by atoms with E-state index in [2.05, 4.69) is 21.2 Å². The van der Waals surface area contributed by atoms with Crippen molar-refractivity contribution in [2.75, 3.05) is 7.05 Å². The van der Waals surface area contributed by atoms with E-state index in [1.54, 1.807) is 25.5 Å². The molecule has 0 saturated carbocycles. The van der Waals surface area contributed by atoms with E-state index in [1.165, 1.54) is 0 Å². The number of hydrogen-bond acceptors (Lipinski definition) is 3. The molecule has 74 valence electrons. The Morgan fingerprint density at radius 3 is 2.73 bits per heavy atom. The fraction of sp³-hybridized carbons (Fsp3) is 0.0909. The molecule has 0 radical (unpaired) electrons. The Morgan fingerprint density at radius 1 is 1.33 bits per heavy atom. The van der Waals surface area contributed by atoms with Crippen molar-refractivity contribution >= 4 is 17.4 Å². The monoisotopic (exact) mass is 199 g/mol. The maximum absolute atomic E-state index is 11.2. The quantitative estimate of drug-likeness (QED) is 0.765. The maximum atomic E-state index is 11.2. The summed E-state index contributed by atoms with van der Waals surface area (Å²) >= 11 is 0. The van der Waals surface area contributed by atoms with Gasteiger partial charge in [-0.1, -0.05) is 0 Å². The lowest BCUT2D eigenvalue weighted by atomic mass is 10.1. The molecule has 0 unspecified atom stereocenters. The third-order valence-electron chi connectivity index (χ3n) is 2.06. The van der Waals surface area contributed by atoms with Gasteiger partial charge in [0.15, 0.2) is 0 Å². The van der Waals surface area contributed by atoms with Crippen LogP contribution >= 0.6 is 0 Å². The van der Waals surface area contributed by atoms with Crippen LogP contribution in [0.5, 0.6) is 0 Å². The number of carbonyl (C=O) groups is 1. The largest absolute Gasteiger partial charge is 0.384 e. The van der Waals surface area contributed by atoms with Crippen molar-refractivity contribution in [2.45, 2.75) is 0 Å². The number of nitrogens with one attached hydrogen (secondary N) is 1. The van der Waals surface area contributed by atoms with E-state index in [9.17, 15) is 4.79 Å². The molecule has 15 heavy (non-hydrogen) atoms. The van der Waals surface area contributed by atoms with Gasteiger partial charge in [-0.15, -0.1) is 0 Å². The van der Waals surface area contributed by atoms with E-state index < -0.39 is 0 Å². The number of nitrogens with zero attached hydrogens (tertiary/aromatic N) is 2. The summed E-state index contributed by atoms with van der Waals surface area (Å²) in [4.78, 5) is 18.8. The molecule has 1 aromatic heterocycles. The van der Waals surface area contributed by atoms with E-state index in [1.807, 2.05) is 12.1 Å². The van der Waals surface area contributed by atoms with Crippen molar-refractivity contribution in [3.63, 3.8) is 0 Å². The molecule has 0 aromatic carbocycles. The average Bonchev–Trinajstić information content (AvgIpc) is 2.31. The summed E-state index contributed by atoms with van der Waals surface area (Å²) in [6.07, 6.45) is 5.10. The van der Waals surface area contributed by atoms with Crippen molar-refractivity contribution in [1.29, 1.82) is 0 Å². The van der Waals surface area contributed by atoms with Crippen LogP contribution in [-0.2, 0) is 4.79 Å². The van der Waals surface area contributed by atoms with Crippen LogP contribution in [0.3, 0.4) is 0 Å². The zero-order chi connectivity index (χ0) is 10.7. The summed E-state index contributed by atoms with van der Waals surface area (Å²) in [6, 6.07) is 3.69. The Hall–Kier alpha value is -2.19. The van der Waals surface area contributed by atoms with Gasteiger partial charge in [-0.2, -0.15) is 4.99 Å². The van der Waals surface area contributed by atoms with E-state index >= 15 is 0 Å². The van der Waals surface area contributed by atoms with Gasteiger partial charge in [0.1, 0.15) is 5.70 Å². The molecule has 0 atom stereocenters. The summed E-state index contributed by atoms with van der Waals surface area (Å²) in [5.41, 5.74) is 2.19. The van der Waals surface area contributed by atoms with E-state index in [0.29, 0.717) is 5.70 Å². The summed E-state index contributed by atoms with van der Waals surface area (Å²) in [5, 5.41) is 2.79. The molecule has 0 saturated heterocycles. The molecule has 4 heteroatoms. The van der Waals surface area contributed by atoms with Crippen molar-refractivity contribution < 1.29 is 4.79 Å². The second kappa shape index (κ2) is 3.90. The van der Waals surface area contributed by atoms with Gasteiger partial charge in [0.25, 0.3) is 0 Å². The van der Waals surface area contributed by atoms with Crippen LogP contribution in [0.1, 0.15) is 5.56 Å². The minimum Gasteiger partial charge on any atom is -0.384 e. The average molecular weight is 199 g/mol. The summed E-state index contributed by atoms with van der Waals surface area (Å²) in [5.74, 6) is 2.40. The lowest BCUT2D eigenvalue weighted by Crippen LogP contribution is -2.16. The number of allylic oxidation sites excluding steroid dienone is 2. The van der Waals surface area contributed by atoms with Crippen LogP contribution in [0.15, 0.2) is 41.3 Å². The molecule has 1 aromatic rings. The molecule has 0 fully saturated rings. The fourth-order valence-electron chi connectivity index (χ4n) is 1.27. The van der Waals surface area contributed by atoms with Crippen LogP contribution in [0.25, 0.3) is 5.57 Å². The van der Waals surface area contributed by atoms with Crippen molar-refractivity contribution in [1.82, 2.24) is 10.3 Å². The Bertz CT molecular complexity index is 482. The smallest absolute Gasteiger partial charge is 0.301 e. The van der Waals surface area contributed by atoms with Crippen molar-refractivity contribution in [2.24, 2.45) is 4.99 Å². The van der Waals surface area contributed by atoms with Crippen LogP contribution < -0.4 is 5.32 Å². The Labute approximate surface area is 87.1 Å². The van der Waals surface area contributed by atoms with Crippen LogP contribution in [0, 0.1) is 0 Å². The third kappa shape index (κ3) is 1.85. The van der Waals surface area contributed by atoms with Crippen LogP contribution in [0.4, 0.5) is 0 Å². The standard InChI is InChI=1S/C11H9N3O/c1-12-10-6-9(7-14-11(10)15)8-2-4-13-5-3-8/h2-6,12H,1H3. The molecular weight excluding hydrogens is 190 g/mol. The van der Waals surface area contributed by atoms with Gasteiger partial charge >= 0.3 is 5.91 Å². The molecule has 4 nitrogen and oxygen atoms in total. The second-order valence-electron chi connectivity index (χ2n) is 2.99. The van der Waals surface area contributed by atoms with E-state index in [4.69, 9.17) is 0 Å². The second-order valence-corrected chi connectivity index (χ2v) is 2.99. The zero-order valence-corrected chi connectivity index (χ0v) is 8.19. The molecule has 2 heterocycles. The van der Waals surface area contributed by atoms with Crippen molar-refractivity contribution in [3.05, 3.63) is 41.9 Å². The first-order valence-electron chi connectivity index (χ1n) is 4.49. The zero-order valence-electron chi connectivity index (χ0n) is 8.19. The minimum absolute atomic E-state index is 0.296. The molecule has 1 aliphatic rings. The highest BCUT2D eigenvalue weighted by Crippen LogP contribution is 2.15. The Morgan fingerprint density at radius 2 is 2.07 bits per heavy atom. The highest BCUT2D eigenvalue weighted by Gasteiger charge is 2.11. The topological polar surface area (TPSA) is 54.4 Å². The highest BCUT2D eigenvalue weighted by molar-refractivity contribution is 6.10. The molecule has 1 aliphatic heterocycles. The first-order chi connectivity index (χ1) is 7.31. The van der Waals surface area contributed by atoms with Gasteiger partial charge in [0.05, 0.1) is 0 Å². The van der Waals surface area contributed by atoms with Gasteiger partial charge in [-0.05, 0) is 29.6 Å². The van der Waals surface area contributed by atoms with Crippen LogP contribution in [-0.4, -0.2) is 23.8 Å². The minimum atomic E-state index is -0.296. The summed E-state index contributed by atoms with van der Waals surface area (Å²) < 4.78 is 0.